The molecule has 0 saturated carbocycles. The number of carbonyl (C=O) groups excluding carboxylic acids is 2. The van der Waals surface area contributed by atoms with E-state index >= 15 is 0 Å². The first-order valence-corrected chi connectivity index (χ1v) is 6.22. The molecule has 5 heteroatoms. The van der Waals surface area contributed by atoms with E-state index in [1.165, 1.54) is 7.05 Å². The standard InChI is InChI=1S/C14H20N2O3/c1-4-19-14(18)12(13(17)15-2)16(3)10-11-8-6-5-7-9-11/h5-9,12H,4,10H2,1-3H3,(H,15,17). The molecule has 1 rings (SSSR count). The van der Waals surface area contributed by atoms with Crippen LogP contribution in [0, 0.1) is 0 Å². The number of rotatable bonds is 6. The van der Waals surface area contributed by atoms with Gasteiger partial charge in [0.15, 0.2) is 6.04 Å². The number of ether oxygens (including phenoxy) is 1. The maximum Gasteiger partial charge on any atom is 0.333 e. The molecule has 5 nitrogen and oxygen atoms in total. The van der Waals surface area contributed by atoms with Crippen LogP contribution in [0.5, 0.6) is 0 Å². The van der Waals surface area contributed by atoms with Gasteiger partial charge >= 0.3 is 5.97 Å². The van der Waals surface area contributed by atoms with Gasteiger partial charge in [-0.3, -0.25) is 9.69 Å². The van der Waals surface area contributed by atoms with Crippen molar-refractivity contribution in [3.8, 4) is 0 Å². The Morgan fingerprint density at radius 3 is 2.47 bits per heavy atom. The van der Waals surface area contributed by atoms with Crippen molar-refractivity contribution in [3.05, 3.63) is 35.9 Å². The van der Waals surface area contributed by atoms with Crippen molar-refractivity contribution in [2.24, 2.45) is 0 Å². The van der Waals surface area contributed by atoms with Crippen LogP contribution in [0.2, 0.25) is 0 Å². The van der Waals surface area contributed by atoms with Crippen molar-refractivity contribution in [2.45, 2.75) is 19.5 Å². The van der Waals surface area contributed by atoms with E-state index in [2.05, 4.69) is 5.32 Å². The maximum absolute atomic E-state index is 11.9. The zero-order valence-electron chi connectivity index (χ0n) is 11.6. The molecule has 0 aliphatic carbocycles. The van der Waals surface area contributed by atoms with Gasteiger partial charge in [0.05, 0.1) is 6.61 Å². The first-order chi connectivity index (χ1) is 9.10. The van der Waals surface area contributed by atoms with Gasteiger partial charge in [-0.25, -0.2) is 4.79 Å². The van der Waals surface area contributed by atoms with Crippen molar-refractivity contribution in [3.63, 3.8) is 0 Å². The number of nitrogens with one attached hydrogen (secondary N) is 1. The third kappa shape index (κ3) is 4.37. The van der Waals surface area contributed by atoms with E-state index in [0.29, 0.717) is 6.54 Å². The van der Waals surface area contributed by atoms with Crippen molar-refractivity contribution in [1.82, 2.24) is 10.2 Å². The molecule has 0 aromatic heterocycles. The Morgan fingerprint density at radius 2 is 1.95 bits per heavy atom. The number of hydrogen-bond acceptors (Lipinski definition) is 4. The molecule has 0 bridgehead atoms. The molecule has 0 fully saturated rings. The number of likely N-dealkylation sites (N-methyl/N-ethyl adjacent to an activating group) is 2. The minimum atomic E-state index is -0.926. The molecule has 0 saturated heterocycles. The maximum atomic E-state index is 11.9. The van der Waals surface area contributed by atoms with E-state index in [-0.39, 0.29) is 12.5 Å². The SMILES string of the molecule is CCOC(=O)C(C(=O)NC)N(C)Cc1ccccc1. The first-order valence-electron chi connectivity index (χ1n) is 6.22. The van der Waals surface area contributed by atoms with Gasteiger partial charge in [0.25, 0.3) is 0 Å². The second kappa shape index (κ2) is 7.53. The van der Waals surface area contributed by atoms with E-state index in [4.69, 9.17) is 4.74 Å². The number of esters is 1. The molecule has 0 aliphatic rings. The van der Waals surface area contributed by atoms with Crippen LogP contribution in [0.3, 0.4) is 0 Å². The fourth-order valence-corrected chi connectivity index (χ4v) is 1.81. The Labute approximate surface area is 113 Å². The predicted molar refractivity (Wildman–Crippen MR) is 72.4 cm³/mol. The van der Waals surface area contributed by atoms with Crippen LogP contribution in [0.1, 0.15) is 12.5 Å². The average molecular weight is 264 g/mol. The molecule has 19 heavy (non-hydrogen) atoms. The summed E-state index contributed by atoms with van der Waals surface area (Å²) in [5.41, 5.74) is 1.03. The zero-order valence-corrected chi connectivity index (χ0v) is 11.6. The summed E-state index contributed by atoms with van der Waals surface area (Å²) in [7, 11) is 3.23. The summed E-state index contributed by atoms with van der Waals surface area (Å²) in [6.45, 7) is 2.47. The fourth-order valence-electron chi connectivity index (χ4n) is 1.81. The van der Waals surface area contributed by atoms with Gasteiger partial charge in [-0.1, -0.05) is 30.3 Å². The van der Waals surface area contributed by atoms with E-state index in [1.807, 2.05) is 30.3 Å². The van der Waals surface area contributed by atoms with Gasteiger partial charge in [0, 0.05) is 13.6 Å². The first kappa shape index (κ1) is 15.2. The van der Waals surface area contributed by atoms with Crippen LogP contribution in [0.15, 0.2) is 30.3 Å². The van der Waals surface area contributed by atoms with Gasteiger partial charge in [-0.2, -0.15) is 0 Å². The molecule has 1 unspecified atom stereocenters. The Balaban J connectivity index is 2.79. The van der Waals surface area contributed by atoms with E-state index < -0.39 is 12.0 Å². The summed E-state index contributed by atoms with van der Waals surface area (Å²) in [5.74, 6) is -0.892. The highest BCUT2D eigenvalue weighted by Gasteiger charge is 2.31. The van der Waals surface area contributed by atoms with Gasteiger partial charge in [-0.15, -0.1) is 0 Å². The largest absolute Gasteiger partial charge is 0.464 e. The molecular weight excluding hydrogens is 244 g/mol. The lowest BCUT2D eigenvalue weighted by Crippen LogP contribution is -2.49. The van der Waals surface area contributed by atoms with Crippen molar-refractivity contribution < 1.29 is 14.3 Å². The molecule has 0 radical (unpaired) electrons. The Morgan fingerprint density at radius 1 is 1.32 bits per heavy atom. The molecule has 1 amide bonds. The minimum Gasteiger partial charge on any atom is -0.464 e. The molecule has 1 atom stereocenters. The van der Waals surface area contributed by atoms with Crippen molar-refractivity contribution in [2.75, 3.05) is 20.7 Å². The summed E-state index contributed by atoms with van der Waals surface area (Å²) >= 11 is 0. The number of benzene rings is 1. The molecule has 1 N–H and O–H groups in total. The molecule has 1 aromatic rings. The highest BCUT2D eigenvalue weighted by Crippen LogP contribution is 2.08. The second-order valence-corrected chi connectivity index (χ2v) is 4.17. The minimum absolute atomic E-state index is 0.255. The van der Waals surface area contributed by atoms with Crippen LogP contribution in [-0.4, -0.2) is 43.5 Å². The lowest BCUT2D eigenvalue weighted by molar-refractivity contribution is -0.153. The van der Waals surface area contributed by atoms with Gasteiger partial charge in [0.2, 0.25) is 5.91 Å². The van der Waals surface area contributed by atoms with Gasteiger partial charge < -0.3 is 10.1 Å². The number of carbonyl (C=O) groups is 2. The quantitative estimate of drug-likeness (QED) is 0.610. The second-order valence-electron chi connectivity index (χ2n) is 4.17. The number of nitrogens with zero attached hydrogens (tertiary/aromatic N) is 1. The highest BCUT2D eigenvalue weighted by atomic mass is 16.5. The molecule has 0 heterocycles. The Kier molecular flexibility index (Phi) is 6.02. The van der Waals surface area contributed by atoms with E-state index in [0.717, 1.165) is 5.56 Å². The van der Waals surface area contributed by atoms with Crippen LogP contribution >= 0.6 is 0 Å². The van der Waals surface area contributed by atoms with E-state index in [1.54, 1.807) is 18.9 Å². The third-order valence-corrected chi connectivity index (χ3v) is 2.72. The summed E-state index contributed by atoms with van der Waals surface area (Å²) in [5, 5.41) is 2.49. The predicted octanol–water partition coefficient (Wildman–Crippen LogP) is 0.796. The van der Waals surface area contributed by atoms with Crippen molar-refractivity contribution >= 4 is 11.9 Å². The lowest BCUT2D eigenvalue weighted by Gasteiger charge is -2.24. The summed E-state index contributed by atoms with van der Waals surface area (Å²) in [4.78, 5) is 25.3. The normalized spacial score (nSPS) is 12.0. The highest BCUT2D eigenvalue weighted by molar-refractivity contribution is 6.01. The van der Waals surface area contributed by atoms with Crippen molar-refractivity contribution in [1.29, 1.82) is 0 Å². The van der Waals surface area contributed by atoms with Crippen LogP contribution in [-0.2, 0) is 20.9 Å². The average Bonchev–Trinajstić information content (AvgIpc) is 2.40. The third-order valence-electron chi connectivity index (χ3n) is 2.72. The Bertz CT molecular complexity index is 420. The molecule has 1 aromatic carbocycles. The van der Waals surface area contributed by atoms with Crippen LogP contribution in [0.25, 0.3) is 0 Å². The zero-order chi connectivity index (χ0) is 14.3. The Hall–Kier alpha value is -1.88. The van der Waals surface area contributed by atoms with Gasteiger partial charge in [-0.05, 0) is 19.5 Å². The lowest BCUT2D eigenvalue weighted by atomic mass is 10.1. The summed E-state index contributed by atoms with van der Waals surface area (Å²) in [6, 6.07) is 8.73. The summed E-state index contributed by atoms with van der Waals surface area (Å²) < 4.78 is 4.94. The summed E-state index contributed by atoms with van der Waals surface area (Å²) in [6.07, 6.45) is 0. The molecule has 104 valence electrons. The van der Waals surface area contributed by atoms with Gasteiger partial charge in [0.1, 0.15) is 0 Å². The topological polar surface area (TPSA) is 58.6 Å². The molecule has 0 aliphatic heterocycles. The molecular formula is C14H20N2O3. The molecule has 0 spiro atoms. The number of amides is 1. The van der Waals surface area contributed by atoms with Crippen LogP contribution < -0.4 is 5.32 Å². The number of hydrogen-bond donors (Lipinski definition) is 1. The van der Waals surface area contributed by atoms with Crippen LogP contribution in [0.4, 0.5) is 0 Å². The smallest absolute Gasteiger partial charge is 0.333 e. The fraction of sp³-hybridized carbons (Fsp3) is 0.429. The van der Waals surface area contributed by atoms with E-state index in [9.17, 15) is 9.59 Å². The monoisotopic (exact) mass is 264 g/mol.